The van der Waals surface area contributed by atoms with Gasteiger partial charge in [-0.3, -0.25) is 9.48 Å². The molecule has 0 aliphatic carbocycles. The van der Waals surface area contributed by atoms with Crippen LogP contribution in [0.25, 0.3) is 0 Å². The first-order valence-corrected chi connectivity index (χ1v) is 9.65. The molecule has 0 saturated carbocycles. The minimum Gasteiger partial charge on any atom is -0.443 e. The van der Waals surface area contributed by atoms with Gasteiger partial charge in [0.05, 0.1) is 19.0 Å². The van der Waals surface area contributed by atoms with Crippen molar-refractivity contribution < 1.29 is 31.9 Å². The van der Waals surface area contributed by atoms with Crippen molar-refractivity contribution in [1.29, 1.82) is 5.26 Å². The van der Waals surface area contributed by atoms with Gasteiger partial charge in [-0.1, -0.05) is 0 Å². The van der Waals surface area contributed by atoms with E-state index < -0.39 is 49.2 Å². The number of primary amides is 1. The molecule has 10 nitrogen and oxygen atoms in total. The summed E-state index contributed by atoms with van der Waals surface area (Å²) in [5, 5.41) is 16.2. The molecule has 176 valence electrons. The highest BCUT2D eigenvalue weighted by Gasteiger charge is 2.48. The molecule has 0 bridgehead atoms. The molecule has 2 aromatic heterocycles. The zero-order valence-corrected chi connectivity index (χ0v) is 17.0. The van der Waals surface area contributed by atoms with Crippen molar-refractivity contribution in [1.82, 2.24) is 19.7 Å². The van der Waals surface area contributed by atoms with E-state index in [9.17, 15) is 28.0 Å². The van der Waals surface area contributed by atoms with Gasteiger partial charge in [-0.2, -0.15) is 14.8 Å². The van der Waals surface area contributed by atoms with Gasteiger partial charge in [-0.15, -0.1) is 0 Å². The first-order chi connectivity index (χ1) is 15.7. The number of nitrogens with one attached hydrogen (secondary N) is 1. The van der Waals surface area contributed by atoms with E-state index in [0.29, 0.717) is 0 Å². The summed E-state index contributed by atoms with van der Waals surface area (Å²) in [5.41, 5.74) is 3.87. The Balaban J connectivity index is 1.89. The van der Waals surface area contributed by atoms with Crippen LogP contribution in [0.2, 0.25) is 0 Å². The van der Waals surface area contributed by atoms with E-state index in [1.54, 1.807) is 0 Å². The highest BCUT2D eigenvalue weighted by atomic mass is 19.3. The largest absolute Gasteiger partial charge is 0.443 e. The van der Waals surface area contributed by atoms with E-state index >= 15 is 4.39 Å². The number of alkyl halides is 3. The third kappa shape index (κ3) is 5.13. The Labute approximate surface area is 184 Å². The molecule has 1 saturated heterocycles. The Kier molecular flexibility index (Phi) is 7.00. The Morgan fingerprint density at radius 2 is 2.21 bits per heavy atom. The lowest BCUT2D eigenvalue weighted by atomic mass is 9.83. The van der Waals surface area contributed by atoms with Crippen LogP contribution in [0.3, 0.4) is 0 Å². The summed E-state index contributed by atoms with van der Waals surface area (Å²) < 4.78 is 58.9. The monoisotopic (exact) mass is 469 g/mol. The van der Waals surface area contributed by atoms with E-state index in [0.717, 1.165) is 21.8 Å². The average Bonchev–Trinajstić information content (AvgIpc) is 3.18. The number of nitrogens with zero attached hydrogens (tertiary/aromatic N) is 5. The quantitative estimate of drug-likeness (QED) is 0.469. The van der Waals surface area contributed by atoms with Crippen LogP contribution in [0.5, 0.6) is 0 Å². The van der Waals surface area contributed by atoms with Gasteiger partial charge in [0.15, 0.2) is 12.4 Å². The summed E-state index contributed by atoms with van der Waals surface area (Å²) in [7, 11) is 0. The number of pyridine rings is 1. The molecule has 0 aromatic carbocycles. The number of carbonyl (C=O) groups is 2. The Morgan fingerprint density at radius 1 is 1.45 bits per heavy atom. The number of hydrogen-bond acceptors (Lipinski definition) is 7. The van der Waals surface area contributed by atoms with E-state index in [1.165, 1.54) is 12.3 Å². The highest BCUT2D eigenvalue weighted by molar-refractivity contribution is 5.98. The van der Waals surface area contributed by atoms with Crippen molar-refractivity contribution >= 4 is 23.5 Å². The van der Waals surface area contributed by atoms with Gasteiger partial charge < -0.3 is 20.7 Å². The van der Waals surface area contributed by atoms with Gasteiger partial charge in [0.2, 0.25) is 5.95 Å². The summed E-state index contributed by atoms with van der Waals surface area (Å²) in [6.07, 6.45) is -4.01. The van der Waals surface area contributed by atoms with Crippen LogP contribution in [0.4, 0.5) is 33.9 Å². The second kappa shape index (κ2) is 9.72. The maximum Gasteiger partial charge on any atom is 0.410 e. The third-order valence-electron chi connectivity index (χ3n) is 5.18. The van der Waals surface area contributed by atoms with Gasteiger partial charge in [0.1, 0.15) is 17.3 Å². The number of nitrogens with two attached hydrogens (primary N) is 1. The fraction of sp³-hybridized carbons (Fsp3) is 0.421. The molecule has 14 heteroatoms. The van der Waals surface area contributed by atoms with Crippen LogP contribution < -0.4 is 11.1 Å². The fourth-order valence-electron chi connectivity index (χ4n) is 3.50. The third-order valence-corrected chi connectivity index (χ3v) is 5.18. The molecule has 3 heterocycles. The van der Waals surface area contributed by atoms with E-state index in [2.05, 4.69) is 20.1 Å². The van der Waals surface area contributed by atoms with Crippen molar-refractivity contribution in [3.8, 4) is 6.07 Å². The zero-order chi connectivity index (χ0) is 24.2. The molecule has 2 amide bonds. The number of carbonyl (C=O) groups excluding carboxylic acids is 2. The minimum atomic E-state index is -2.87. The topological polar surface area (TPSA) is 139 Å². The average molecular weight is 469 g/mol. The second-order valence-electron chi connectivity index (χ2n) is 7.26. The zero-order valence-electron chi connectivity index (χ0n) is 17.0. The van der Waals surface area contributed by atoms with Gasteiger partial charge in [0.25, 0.3) is 12.3 Å². The maximum absolute atomic E-state index is 15.4. The normalized spacial score (nSPS) is 20.4. The van der Waals surface area contributed by atoms with Crippen LogP contribution in [0, 0.1) is 17.3 Å². The molecule has 33 heavy (non-hydrogen) atoms. The molecular weight excluding hydrogens is 450 g/mol. The first kappa shape index (κ1) is 23.8. The number of ether oxygens (including phenoxy) is 1. The van der Waals surface area contributed by atoms with Crippen molar-refractivity contribution in [2.75, 3.05) is 25.0 Å². The molecule has 3 N–H and O–H groups in total. The molecule has 1 aliphatic rings. The minimum absolute atomic E-state index is 0.101. The predicted octanol–water partition coefficient (Wildman–Crippen LogP) is 2.31. The van der Waals surface area contributed by atoms with Crippen molar-refractivity contribution in [2.24, 2.45) is 5.73 Å². The SMILES string of the molecule is N#CCC1(n2cc(C(N)=O)c(Nc3ccnc(F)c3)n2)CCN(C(=O)OCC(F)F)CC1F. The van der Waals surface area contributed by atoms with Crippen LogP contribution in [0.15, 0.2) is 24.5 Å². The lowest BCUT2D eigenvalue weighted by Crippen LogP contribution is -2.56. The summed E-state index contributed by atoms with van der Waals surface area (Å²) in [6.45, 7) is -1.79. The number of hydrogen-bond donors (Lipinski definition) is 2. The van der Waals surface area contributed by atoms with Crippen LogP contribution in [-0.2, 0) is 10.3 Å². The number of aromatic nitrogens is 3. The molecule has 1 fully saturated rings. The van der Waals surface area contributed by atoms with Gasteiger partial charge in [-0.05, 0) is 12.5 Å². The molecule has 3 rings (SSSR count). The Bertz CT molecular complexity index is 1070. The van der Waals surface area contributed by atoms with Crippen LogP contribution >= 0.6 is 0 Å². The molecule has 0 spiro atoms. The number of piperidine rings is 1. The summed E-state index contributed by atoms with van der Waals surface area (Å²) in [4.78, 5) is 28.2. The summed E-state index contributed by atoms with van der Waals surface area (Å²) >= 11 is 0. The highest BCUT2D eigenvalue weighted by Crippen LogP contribution is 2.37. The Morgan fingerprint density at radius 3 is 2.82 bits per heavy atom. The maximum atomic E-state index is 15.4. The van der Waals surface area contributed by atoms with E-state index in [1.807, 2.05) is 6.07 Å². The number of nitriles is 1. The Hall–Kier alpha value is -3.89. The number of amides is 2. The first-order valence-electron chi connectivity index (χ1n) is 9.65. The van der Waals surface area contributed by atoms with E-state index in [4.69, 9.17) is 5.73 Å². The fourth-order valence-corrected chi connectivity index (χ4v) is 3.50. The van der Waals surface area contributed by atoms with Gasteiger partial charge in [-0.25, -0.2) is 22.9 Å². The van der Waals surface area contributed by atoms with Crippen LogP contribution in [-0.4, -0.2) is 64.0 Å². The van der Waals surface area contributed by atoms with Crippen LogP contribution in [0.1, 0.15) is 23.2 Å². The second-order valence-corrected chi connectivity index (χ2v) is 7.26. The van der Waals surface area contributed by atoms with Crippen molar-refractivity contribution in [3.05, 3.63) is 36.0 Å². The smallest absolute Gasteiger partial charge is 0.410 e. The lowest BCUT2D eigenvalue weighted by molar-refractivity contribution is -0.00842. The lowest BCUT2D eigenvalue weighted by Gasteiger charge is -2.42. The van der Waals surface area contributed by atoms with Gasteiger partial charge >= 0.3 is 6.09 Å². The predicted molar refractivity (Wildman–Crippen MR) is 105 cm³/mol. The van der Waals surface area contributed by atoms with E-state index in [-0.39, 0.29) is 36.5 Å². The summed E-state index contributed by atoms with van der Waals surface area (Å²) in [5.74, 6) is -1.80. The summed E-state index contributed by atoms with van der Waals surface area (Å²) in [6, 6.07) is 4.32. The molecule has 2 unspecified atom stereocenters. The molecule has 1 aliphatic heterocycles. The molecule has 0 radical (unpaired) electrons. The number of likely N-dealkylation sites (tertiary alicyclic amines) is 1. The molecule has 2 atom stereocenters. The standard InChI is InChI=1S/C19H19F4N7O3/c20-13-9-29(18(32)33-10-14(21)22)6-3-19(13,2-4-24)30-8-12(16(25)31)17(28-30)27-11-1-5-26-15(23)7-11/h1,5,7-8,13-14H,2-3,6,9-10H2,(H2,25,31)(H,26,27,28). The molecular formula is C19H19F4N7O3. The van der Waals surface area contributed by atoms with Crippen molar-refractivity contribution in [2.45, 2.75) is 31.0 Å². The van der Waals surface area contributed by atoms with Gasteiger partial charge in [0, 0.05) is 30.7 Å². The number of anilines is 2. The molecule has 2 aromatic rings. The number of rotatable bonds is 7. The van der Waals surface area contributed by atoms with Crippen molar-refractivity contribution in [3.63, 3.8) is 0 Å². The number of halogens is 4.